The number of rotatable bonds is 7. The average molecular weight is 294 g/mol. The fourth-order valence-electron chi connectivity index (χ4n) is 2.09. The molecular formula is C16H26N2O3. The van der Waals surface area contributed by atoms with Crippen LogP contribution in [0.4, 0.5) is 4.79 Å². The number of aliphatic hydroxyl groups is 1. The number of amides is 2. The summed E-state index contributed by atoms with van der Waals surface area (Å²) in [6.45, 7) is 5.97. The first kappa shape index (κ1) is 17.3. The summed E-state index contributed by atoms with van der Waals surface area (Å²) in [5.74, 6) is 1.04. The zero-order valence-corrected chi connectivity index (χ0v) is 13.2. The largest absolute Gasteiger partial charge is 0.497 e. The van der Waals surface area contributed by atoms with Gasteiger partial charge in [-0.05, 0) is 30.0 Å². The lowest BCUT2D eigenvalue weighted by atomic mass is 9.96. The monoisotopic (exact) mass is 294 g/mol. The Morgan fingerprint density at radius 2 is 1.86 bits per heavy atom. The zero-order valence-electron chi connectivity index (χ0n) is 13.2. The van der Waals surface area contributed by atoms with Gasteiger partial charge in [0.15, 0.2) is 0 Å². The third kappa shape index (κ3) is 5.27. The van der Waals surface area contributed by atoms with E-state index in [0.717, 1.165) is 11.3 Å². The maximum absolute atomic E-state index is 12.0. The van der Waals surface area contributed by atoms with Crippen LogP contribution >= 0.6 is 0 Å². The highest BCUT2D eigenvalue weighted by molar-refractivity contribution is 5.74. The van der Waals surface area contributed by atoms with Crippen molar-refractivity contribution < 1.29 is 14.6 Å². The highest BCUT2D eigenvalue weighted by atomic mass is 16.5. The van der Waals surface area contributed by atoms with Gasteiger partial charge in [-0.25, -0.2) is 4.79 Å². The Labute approximate surface area is 126 Å². The normalized spacial score (nSPS) is 13.6. The topological polar surface area (TPSA) is 70.6 Å². The molecule has 21 heavy (non-hydrogen) atoms. The number of benzene rings is 1. The minimum absolute atomic E-state index is 0.0567. The Kier molecular flexibility index (Phi) is 7.02. The molecule has 0 saturated carbocycles. The molecular weight excluding hydrogens is 268 g/mol. The molecule has 0 aliphatic heterocycles. The SMILES string of the molecule is CCC(CO)NC(=O)NC(c1ccc(OC)cc1)C(C)C. The van der Waals surface area contributed by atoms with Gasteiger partial charge in [0.2, 0.25) is 0 Å². The predicted molar refractivity (Wildman–Crippen MR) is 83.4 cm³/mol. The molecule has 118 valence electrons. The summed E-state index contributed by atoms with van der Waals surface area (Å²) in [4.78, 5) is 12.0. The molecule has 0 heterocycles. The fraction of sp³-hybridized carbons (Fsp3) is 0.562. The molecule has 0 aliphatic carbocycles. The van der Waals surface area contributed by atoms with Crippen LogP contribution in [0.25, 0.3) is 0 Å². The van der Waals surface area contributed by atoms with E-state index in [9.17, 15) is 4.79 Å². The highest BCUT2D eigenvalue weighted by Gasteiger charge is 2.19. The molecule has 0 fully saturated rings. The average Bonchev–Trinajstić information content (AvgIpc) is 2.50. The second-order valence-electron chi connectivity index (χ2n) is 5.40. The molecule has 2 unspecified atom stereocenters. The molecule has 0 aliphatic rings. The van der Waals surface area contributed by atoms with Gasteiger partial charge in [0.05, 0.1) is 25.8 Å². The molecule has 1 aromatic rings. The Morgan fingerprint density at radius 1 is 1.24 bits per heavy atom. The third-order valence-corrected chi connectivity index (χ3v) is 3.48. The van der Waals surface area contributed by atoms with E-state index in [-0.39, 0.29) is 30.6 Å². The maximum atomic E-state index is 12.0. The summed E-state index contributed by atoms with van der Waals surface area (Å²) in [5, 5.41) is 14.9. The summed E-state index contributed by atoms with van der Waals surface area (Å²) in [7, 11) is 1.63. The van der Waals surface area contributed by atoms with Crippen LogP contribution in [0.2, 0.25) is 0 Å². The molecule has 3 N–H and O–H groups in total. The van der Waals surface area contributed by atoms with Crippen molar-refractivity contribution in [2.45, 2.75) is 39.3 Å². The lowest BCUT2D eigenvalue weighted by Crippen LogP contribution is -2.45. The minimum Gasteiger partial charge on any atom is -0.497 e. The fourth-order valence-corrected chi connectivity index (χ4v) is 2.09. The number of carbonyl (C=O) groups is 1. The van der Waals surface area contributed by atoms with Crippen molar-refractivity contribution in [3.63, 3.8) is 0 Å². The molecule has 5 nitrogen and oxygen atoms in total. The quantitative estimate of drug-likeness (QED) is 0.723. The summed E-state index contributed by atoms with van der Waals surface area (Å²) in [6, 6.07) is 7.10. The number of urea groups is 1. The van der Waals surface area contributed by atoms with Crippen molar-refractivity contribution in [1.29, 1.82) is 0 Å². The predicted octanol–water partition coefficient (Wildman–Crippen LogP) is 2.46. The number of ether oxygens (including phenoxy) is 1. The third-order valence-electron chi connectivity index (χ3n) is 3.48. The molecule has 2 amide bonds. The Hall–Kier alpha value is -1.75. The first-order valence-electron chi connectivity index (χ1n) is 7.33. The van der Waals surface area contributed by atoms with Crippen LogP contribution < -0.4 is 15.4 Å². The van der Waals surface area contributed by atoms with Gasteiger partial charge < -0.3 is 20.5 Å². The van der Waals surface area contributed by atoms with E-state index in [1.807, 2.05) is 31.2 Å². The van der Waals surface area contributed by atoms with E-state index in [0.29, 0.717) is 6.42 Å². The van der Waals surface area contributed by atoms with Gasteiger partial charge in [0.25, 0.3) is 0 Å². The standard InChI is InChI=1S/C16H26N2O3/c1-5-13(10-19)17-16(20)18-15(11(2)3)12-6-8-14(21-4)9-7-12/h6-9,11,13,15,19H,5,10H2,1-4H3,(H2,17,18,20). The zero-order chi connectivity index (χ0) is 15.8. The lowest BCUT2D eigenvalue weighted by Gasteiger charge is -2.24. The van der Waals surface area contributed by atoms with Crippen molar-refractivity contribution in [1.82, 2.24) is 10.6 Å². The van der Waals surface area contributed by atoms with Crippen molar-refractivity contribution in [2.24, 2.45) is 5.92 Å². The van der Waals surface area contributed by atoms with Gasteiger partial charge >= 0.3 is 6.03 Å². The Balaban J connectivity index is 2.75. The highest BCUT2D eigenvalue weighted by Crippen LogP contribution is 2.23. The summed E-state index contributed by atoms with van der Waals surface area (Å²) >= 11 is 0. The van der Waals surface area contributed by atoms with Gasteiger partial charge in [-0.1, -0.05) is 32.9 Å². The molecule has 2 atom stereocenters. The van der Waals surface area contributed by atoms with Crippen molar-refractivity contribution >= 4 is 6.03 Å². The van der Waals surface area contributed by atoms with Crippen LogP contribution in [0.15, 0.2) is 24.3 Å². The van der Waals surface area contributed by atoms with Crippen molar-refractivity contribution in [2.75, 3.05) is 13.7 Å². The number of hydrogen-bond acceptors (Lipinski definition) is 3. The van der Waals surface area contributed by atoms with E-state index in [1.165, 1.54) is 0 Å². The number of nitrogens with one attached hydrogen (secondary N) is 2. The van der Waals surface area contributed by atoms with Crippen LogP contribution in [-0.4, -0.2) is 30.9 Å². The number of aliphatic hydroxyl groups excluding tert-OH is 1. The molecule has 1 aromatic carbocycles. The molecule has 0 saturated heterocycles. The second-order valence-corrected chi connectivity index (χ2v) is 5.40. The van der Waals surface area contributed by atoms with Crippen molar-refractivity contribution in [3.05, 3.63) is 29.8 Å². The van der Waals surface area contributed by atoms with Crippen LogP contribution in [0.5, 0.6) is 5.75 Å². The number of carbonyl (C=O) groups excluding carboxylic acids is 1. The van der Waals surface area contributed by atoms with Crippen LogP contribution in [0.1, 0.15) is 38.8 Å². The van der Waals surface area contributed by atoms with Crippen LogP contribution in [0, 0.1) is 5.92 Å². The molecule has 5 heteroatoms. The van der Waals surface area contributed by atoms with E-state index in [1.54, 1.807) is 7.11 Å². The maximum Gasteiger partial charge on any atom is 0.315 e. The van der Waals surface area contributed by atoms with Gasteiger partial charge in [-0.15, -0.1) is 0 Å². The van der Waals surface area contributed by atoms with E-state index in [4.69, 9.17) is 9.84 Å². The summed E-state index contributed by atoms with van der Waals surface area (Å²) < 4.78 is 5.14. The molecule has 0 radical (unpaired) electrons. The molecule has 0 bridgehead atoms. The summed E-state index contributed by atoms with van der Waals surface area (Å²) in [5.41, 5.74) is 1.03. The Bertz CT molecular complexity index is 428. The van der Waals surface area contributed by atoms with Gasteiger partial charge in [0, 0.05) is 0 Å². The number of hydrogen-bond donors (Lipinski definition) is 3. The van der Waals surface area contributed by atoms with Crippen molar-refractivity contribution in [3.8, 4) is 5.75 Å². The van der Waals surface area contributed by atoms with Gasteiger partial charge in [-0.2, -0.15) is 0 Å². The second kappa shape index (κ2) is 8.52. The van der Waals surface area contributed by atoms with E-state index in [2.05, 4.69) is 24.5 Å². The first-order chi connectivity index (χ1) is 10.0. The lowest BCUT2D eigenvalue weighted by molar-refractivity contribution is 0.209. The first-order valence-corrected chi connectivity index (χ1v) is 7.33. The molecule has 1 rings (SSSR count). The molecule has 0 aromatic heterocycles. The van der Waals surface area contributed by atoms with Crippen LogP contribution in [-0.2, 0) is 0 Å². The summed E-state index contributed by atoms with van der Waals surface area (Å²) in [6.07, 6.45) is 0.693. The minimum atomic E-state index is -0.259. The molecule has 0 spiro atoms. The van der Waals surface area contributed by atoms with Gasteiger partial charge in [-0.3, -0.25) is 0 Å². The van der Waals surface area contributed by atoms with E-state index < -0.39 is 0 Å². The Morgan fingerprint density at radius 3 is 2.29 bits per heavy atom. The van der Waals surface area contributed by atoms with Gasteiger partial charge in [0.1, 0.15) is 5.75 Å². The van der Waals surface area contributed by atoms with Crippen LogP contribution in [0.3, 0.4) is 0 Å². The smallest absolute Gasteiger partial charge is 0.315 e. The number of methoxy groups -OCH3 is 1. The van der Waals surface area contributed by atoms with E-state index >= 15 is 0 Å².